The van der Waals surface area contributed by atoms with Crippen molar-refractivity contribution in [3.05, 3.63) is 33.9 Å². The van der Waals surface area contributed by atoms with Gasteiger partial charge in [-0.05, 0) is 25.3 Å². The minimum absolute atomic E-state index is 0. The molecular formula is C14H20ClN3O4. The molecule has 7 nitrogen and oxygen atoms in total. The Morgan fingerprint density at radius 3 is 2.91 bits per heavy atom. The fraction of sp³-hybridized carbons (Fsp3) is 0.500. The Kier molecular flexibility index (Phi) is 7.23. The molecule has 1 aliphatic rings. The predicted molar refractivity (Wildman–Crippen MR) is 85.6 cm³/mol. The van der Waals surface area contributed by atoms with Crippen molar-refractivity contribution < 1.29 is 14.5 Å². The van der Waals surface area contributed by atoms with Crippen LogP contribution in [0.4, 0.5) is 11.4 Å². The lowest BCUT2D eigenvalue weighted by molar-refractivity contribution is -0.384. The van der Waals surface area contributed by atoms with Gasteiger partial charge in [-0.2, -0.15) is 0 Å². The van der Waals surface area contributed by atoms with Gasteiger partial charge >= 0.3 is 0 Å². The highest BCUT2D eigenvalue weighted by molar-refractivity contribution is 5.93. The molecule has 0 saturated carbocycles. The monoisotopic (exact) mass is 329 g/mol. The number of halogens is 1. The summed E-state index contributed by atoms with van der Waals surface area (Å²) in [4.78, 5) is 22.1. The predicted octanol–water partition coefficient (Wildman–Crippen LogP) is 2.03. The number of non-ortho nitro benzene ring substituents is 1. The van der Waals surface area contributed by atoms with Crippen LogP contribution < -0.4 is 10.6 Å². The fourth-order valence-corrected chi connectivity index (χ4v) is 2.20. The van der Waals surface area contributed by atoms with Gasteiger partial charge in [0, 0.05) is 25.3 Å². The van der Waals surface area contributed by atoms with Gasteiger partial charge in [0.2, 0.25) is 5.91 Å². The van der Waals surface area contributed by atoms with Crippen molar-refractivity contribution in [3.8, 4) is 0 Å². The number of benzene rings is 1. The van der Waals surface area contributed by atoms with Gasteiger partial charge in [-0.1, -0.05) is 6.07 Å². The summed E-state index contributed by atoms with van der Waals surface area (Å²) in [5.74, 6) is -0.225. The molecule has 0 bridgehead atoms. The van der Waals surface area contributed by atoms with Crippen LogP contribution in [0.2, 0.25) is 0 Å². The van der Waals surface area contributed by atoms with Crippen molar-refractivity contribution in [2.24, 2.45) is 0 Å². The Bertz CT molecular complexity index is 533. The maximum atomic E-state index is 11.8. The second-order valence-electron chi connectivity index (χ2n) is 5.07. The average Bonchev–Trinajstić information content (AvgIpc) is 2.94. The average molecular weight is 330 g/mol. The zero-order valence-corrected chi connectivity index (χ0v) is 13.1. The lowest BCUT2D eigenvalue weighted by Gasteiger charge is -2.11. The normalized spacial score (nSPS) is 16.9. The number of rotatable bonds is 6. The molecule has 1 amide bonds. The lowest BCUT2D eigenvalue weighted by atomic mass is 10.2. The lowest BCUT2D eigenvalue weighted by Crippen LogP contribution is -2.33. The van der Waals surface area contributed by atoms with Gasteiger partial charge in [0.25, 0.3) is 5.69 Å². The van der Waals surface area contributed by atoms with E-state index in [0.29, 0.717) is 12.2 Å². The SMILES string of the molecule is Cc1ccc([N+](=O)[O-])cc1NC(=O)CNCC1CCCO1.Cl. The van der Waals surface area contributed by atoms with Crippen LogP contribution in [-0.2, 0) is 9.53 Å². The Labute approximate surface area is 135 Å². The number of nitro groups is 1. The highest BCUT2D eigenvalue weighted by Gasteiger charge is 2.15. The molecule has 1 fully saturated rings. The molecule has 2 N–H and O–H groups in total. The van der Waals surface area contributed by atoms with Crippen LogP contribution in [0, 0.1) is 17.0 Å². The molecule has 1 unspecified atom stereocenters. The quantitative estimate of drug-likeness (QED) is 0.615. The summed E-state index contributed by atoms with van der Waals surface area (Å²) in [7, 11) is 0. The first-order chi connectivity index (χ1) is 10.1. The number of hydrogen-bond donors (Lipinski definition) is 2. The van der Waals surface area contributed by atoms with Gasteiger partial charge in [0.1, 0.15) is 0 Å². The van der Waals surface area contributed by atoms with Crippen molar-refractivity contribution >= 4 is 29.7 Å². The minimum atomic E-state index is -0.481. The molecule has 122 valence electrons. The number of nitro benzene ring substituents is 1. The van der Waals surface area contributed by atoms with Gasteiger partial charge in [0.05, 0.1) is 23.3 Å². The Hall–Kier alpha value is -1.70. The number of amides is 1. The smallest absolute Gasteiger partial charge is 0.271 e. The molecule has 22 heavy (non-hydrogen) atoms. The molecule has 1 aromatic rings. The van der Waals surface area contributed by atoms with E-state index in [1.54, 1.807) is 13.0 Å². The summed E-state index contributed by atoms with van der Waals surface area (Å²) in [5.41, 5.74) is 1.21. The first-order valence-corrected chi connectivity index (χ1v) is 6.93. The third-order valence-electron chi connectivity index (χ3n) is 3.39. The van der Waals surface area contributed by atoms with E-state index in [2.05, 4.69) is 10.6 Å². The second kappa shape index (κ2) is 8.67. The molecule has 0 aliphatic carbocycles. The molecule has 8 heteroatoms. The van der Waals surface area contributed by atoms with E-state index in [1.165, 1.54) is 12.1 Å². The van der Waals surface area contributed by atoms with E-state index < -0.39 is 4.92 Å². The van der Waals surface area contributed by atoms with Crippen molar-refractivity contribution in [2.75, 3.05) is 25.0 Å². The Balaban J connectivity index is 0.00000242. The van der Waals surface area contributed by atoms with Crippen molar-refractivity contribution in [3.63, 3.8) is 0 Å². The fourth-order valence-electron chi connectivity index (χ4n) is 2.20. The first kappa shape index (κ1) is 18.3. The zero-order chi connectivity index (χ0) is 15.2. The largest absolute Gasteiger partial charge is 0.377 e. The minimum Gasteiger partial charge on any atom is -0.377 e. The summed E-state index contributed by atoms with van der Waals surface area (Å²) in [5, 5.41) is 16.5. The number of nitrogens with one attached hydrogen (secondary N) is 2. The molecule has 1 heterocycles. The van der Waals surface area contributed by atoms with Gasteiger partial charge in [-0.25, -0.2) is 0 Å². The second-order valence-corrected chi connectivity index (χ2v) is 5.07. The Morgan fingerprint density at radius 2 is 2.27 bits per heavy atom. The molecule has 1 saturated heterocycles. The zero-order valence-electron chi connectivity index (χ0n) is 12.3. The maximum Gasteiger partial charge on any atom is 0.271 e. The van der Waals surface area contributed by atoms with Crippen LogP contribution in [0.15, 0.2) is 18.2 Å². The highest BCUT2D eigenvalue weighted by atomic mass is 35.5. The number of nitrogens with zero attached hydrogens (tertiary/aromatic N) is 1. The van der Waals surface area contributed by atoms with Gasteiger partial charge < -0.3 is 15.4 Å². The van der Waals surface area contributed by atoms with Crippen molar-refractivity contribution in [2.45, 2.75) is 25.9 Å². The van der Waals surface area contributed by atoms with E-state index in [0.717, 1.165) is 25.0 Å². The van der Waals surface area contributed by atoms with Crippen LogP contribution >= 0.6 is 12.4 Å². The number of ether oxygens (including phenoxy) is 1. The standard InChI is InChI=1S/C14H19N3O4.ClH/c1-10-4-5-11(17(19)20)7-13(10)16-14(18)9-15-8-12-3-2-6-21-12;/h4-5,7,12,15H,2-3,6,8-9H2,1H3,(H,16,18);1H. The van der Waals surface area contributed by atoms with E-state index in [9.17, 15) is 14.9 Å². The van der Waals surface area contributed by atoms with Gasteiger partial charge in [-0.15, -0.1) is 12.4 Å². The molecule has 1 aliphatic heterocycles. The molecule has 0 aromatic heterocycles. The summed E-state index contributed by atoms with van der Waals surface area (Å²) < 4.78 is 5.45. The van der Waals surface area contributed by atoms with Gasteiger partial charge in [-0.3, -0.25) is 14.9 Å². The summed E-state index contributed by atoms with van der Waals surface area (Å²) in [6, 6.07) is 4.40. The van der Waals surface area contributed by atoms with E-state index in [4.69, 9.17) is 4.74 Å². The first-order valence-electron chi connectivity index (χ1n) is 6.93. The van der Waals surface area contributed by atoms with Crippen LogP contribution in [0.5, 0.6) is 0 Å². The highest BCUT2D eigenvalue weighted by Crippen LogP contribution is 2.21. The molecular weight excluding hydrogens is 310 g/mol. The molecule has 2 rings (SSSR count). The molecule has 1 atom stereocenters. The summed E-state index contributed by atoms with van der Waals surface area (Å²) >= 11 is 0. The molecule has 0 spiro atoms. The van der Waals surface area contributed by atoms with Crippen molar-refractivity contribution in [1.82, 2.24) is 5.32 Å². The van der Waals surface area contributed by atoms with Crippen LogP contribution in [-0.4, -0.2) is 36.6 Å². The maximum absolute atomic E-state index is 11.8. The van der Waals surface area contributed by atoms with Crippen LogP contribution in [0.1, 0.15) is 18.4 Å². The molecule has 1 aromatic carbocycles. The van der Waals surface area contributed by atoms with Crippen LogP contribution in [0.3, 0.4) is 0 Å². The number of aryl methyl sites for hydroxylation is 1. The summed E-state index contributed by atoms with van der Waals surface area (Å²) in [6.45, 7) is 3.37. The number of carbonyl (C=O) groups is 1. The van der Waals surface area contributed by atoms with Crippen molar-refractivity contribution in [1.29, 1.82) is 0 Å². The number of carbonyl (C=O) groups excluding carboxylic acids is 1. The van der Waals surface area contributed by atoms with E-state index >= 15 is 0 Å². The number of anilines is 1. The Morgan fingerprint density at radius 1 is 1.50 bits per heavy atom. The van der Waals surface area contributed by atoms with Gasteiger partial charge in [0.15, 0.2) is 0 Å². The molecule has 0 radical (unpaired) electrons. The van der Waals surface area contributed by atoms with E-state index in [1.807, 2.05) is 0 Å². The third-order valence-corrected chi connectivity index (χ3v) is 3.39. The van der Waals surface area contributed by atoms with E-state index in [-0.39, 0.29) is 36.7 Å². The number of hydrogen-bond acceptors (Lipinski definition) is 5. The summed E-state index contributed by atoms with van der Waals surface area (Å²) in [6.07, 6.45) is 2.25. The third kappa shape index (κ3) is 5.25. The topological polar surface area (TPSA) is 93.5 Å². The van der Waals surface area contributed by atoms with Crippen LogP contribution in [0.25, 0.3) is 0 Å².